The third-order valence-electron chi connectivity index (χ3n) is 2.64. The van der Waals surface area contributed by atoms with Gasteiger partial charge in [-0.1, -0.05) is 6.08 Å². The Morgan fingerprint density at radius 1 is 1.60 bits per heavy atom. The summed E-state index contributed by atoms with van der Waals surface area (Å²) < 4.78 is 1.41. The van der Waals surface area contributed by atoms with Gasteiger partial charge in [0.05, 0.1) is 0 Å². The summed E-state index contributed by atoms with van der Waals surface area (Å²) >= 11 is 0. The molecule has 0 fully saturated rings. The maximum Gasteiger partial charge on any atom is 0.326 e. The van der Waals surface area contributed by atoms with Gasteiger partial charge in [-0.15, -0.1) is 11.7 Å². The maximum atomic E-state index is 11.9. The second-order valence-electron chi connectivity index (χ2n) is 4.12. The first kappa shape index (κ1) is 13.7. The zero-order chi connectivity index (χ0) is 14.7. The van der Waals surface area contributed by atoms with Crippen molar-refractivity contribution < 1.29 is 14.7 Å². The Bertz CT molecular complexity index is 679. The van der Waals surface area contributed by atoms with Crippen LogP contribution in [0.5, 0.6) is 0 Å². The lowest BCUT2D eigenvalue weighted by molar-refractivity contribution is -0.139. The lowest BCUT2D eigenvalue weighted by atomic mass is 10.2. The smallest absolute Gasteiger partial charge is 0.326 e. The van der Waals surface area contributed by atoms with Crippen molar-refractivity contribution in [2.75, 3.05) is 0 Å². The molecule has 2 aromatic rings. The Morgan fingerprint density at radius 2 is 2.35 bits per heavy atom. The molecule has 0 aromatic carbocycles. The normalized spacial score (nSPS) is 12.1. The van der Waals surface area contributed by atoms with Crippen LogP contribution in [0.1, 0.15) is 22.7 Å². The van der Waals surface area contributed by atoms with Crippen molar-refractivity contribution in [3.63, 3.8) is 0 Å². The van der Waals surface area contributed by atoms with E-state index in [9.17, 15) is 9.59 Å². The molecule has 0 aliphatic carbocycles. The number of carboxylic acids is 1. The van der Waals surface area contributed by atoms with Crippen molar-refractivity contribution in [2.45, 2.75) is 19.4 Å². The zero-order valence-corrected chi connectivity index (χ0v) is 10.8. The van der Waals surface area contributed by atoms with E-state index in [1.165, 1.54) is 10.6 Å². The van der Waals surface area contributed by atoms with Crippen LogP contribution in [-0.4, -0.2) is 42.6 Å². The van der Waals surface area contributed by atoms with Crippen molar-refractivity contribution in [1.29, 1.82) is 0 Å². The fourth-order valence-corrected chi connectivity index (χ4v) is 1.61. The molecule has 1 unspecified atom stereocenters. The van der Waals surface area contributed by atoms with Crippen molar-refractivity contribution in [3.8, 4) is 0 Å². The molecule has 8 heteroatoms. The van der Waals surface area contributed by atoms with Gasteiger partial charge in [-0.2, -0.15) is 4.98 Å². The monoisotopic (exact) mass is 275 g/mol. The van der Waals surface area contributed by atoms with Crippen LogP contribution in [-0.2, 0) is 4.79 Å². The minimum atomic E-state index is -1.14. The first-order valence-corrected chi connectivity index (χ1v) is 5.86. The zero-order valence-electron chi connectivity index (χ0n) is 10.8. The number of amides is 1. The van der Waals surface area contributed by atoms with Gasteiger partial charge in [-0.3, -0.25) is 4.79 Å². The molecule has 104 valence electrons. The number of nitrogens with zero attached hydrogens (tertiary/aromatic N) is 4. The van der Waals surface area contributed by atoms with E-state index >= 15 is 0 Å². The molecule has 2 rings (SSSR count). The predicted molar refractivity (Wildman–Crippen MR) is 69.2 cm³/mol. The van der Waals surface area contributed by atoms with E-state index in [1.807, 2.05) is 0 Å². The van der Waals surface area contributed by atoms with Gasteiger partial charge in [0.1, 0.15) is 6.04 Å². The first-order chi connectivity index (χ1) is 9.52. The summed E-state index contributed by atoms with van der Waals surface area (Å²) in [5.41, 5.74) is 0.766. The van der Waals surface area contributed by atoms with E-state index in [4.69, 9.17) is 5.11 Å². The highest BCUT2D eigenvalue weighted by molar-refractivity contribution is 5.93. The van der Waals surface area contributed by atoms with Gasteiger partial charge in [-0.25, -0.2) is 14.3 Å². The van der Waals surface area contributed by atoms with Crippen LogP contribution in [0.2, 0.25) is 0 Å². The highest BCUT2D eigenvalue weighted by Gasteiger charge is 2.22. The van der Waals surface area contributed by atoms with Gasteiger partial charge in [0.15, 0.2) is 0 Å². The fourth-order valence-electron chi connectivity index (χ4n) is 1.61. The van der Waals surface area contributed by atoms with Gasteiger partial charge in [0.25, 0.3) is 11.7 Å². The van der Waals surface area contributed by atoms with Crippen molar-refractivity contribution in [2.24, 2.45) is 0 Å². The highest BCUT2D eigenvalue weighted by Crippen LogP contribution is 2.03. The van der Waals surface area contributed by atoms with Gasteiger partial charge < -0.3 is 10.4 Å². The molecule has 20 heavy (non-hydrogen) atoms. The van der Waals surface area contributed by atoms with Crippen LogP contribution >= 0.6 is 0 Å². The number of rotatable bonds is 5. The van der Waals surface area contributed by atoms with E-state index in [-0.39, 0.29) is 18.0 Å². The number of hydrogen-bond donors (Lipinski definition) is 2. The molecular weight excluding hydrogens is 262 g/mol. The van der Waals surface area contributed by atoms with Crippen LogP contribution in [0.4, 0.5) is 0 Å². The number of aryl methyl sites for hydroxylation is 1. The van der Waals surface area contributed by atoms with Crippen LogP contribution < -0.4 is 5.32 Å². The number of carbonyl (C=O) groups is 2. The van der Waals surface area contributed by atoms with Gasteiger partial charge >= 0.3 is 5.97 Å². The van der Waals surface area contributed by atoms with E-state index < -0.39 is 17.9 Å². The average molecular weight is 275 g/mol. The summed E-state index contributed by atoms with van der Waals surface area (Å²) in [7, 11) is 0. The summed E-state index contributed by atoms with van der Waals surface area (Å²) in [6, 6.07) is 0.668. The third-order valence-corrected chi connectivity index (χ3v) is 2.64. The molecule has 2 N–H and O–H groups in total. The van der Waals surface area contributed by atoms with Crippen LogP contribution in [0, 0.1) is 6.92 Å². The summed E-state index contributed by atoms with van der Waals surface area (Å²) in [6.07, 6.45) is 3.09. The summed E-state index contributed by atoms with van der Waals surface area (Å²) in [6.45, 7) is 5.24. The first-order valence-electron chi connectivity index (χ1n) is 5.86. The maximum absolute atomic E-state index is 11.9. The SMILES string of the molecule is C=CCC(NC(=O)c1nc2nccc(C)n2n1)C(=O)O. The van der Waals surface area contributed by atoms with Crippen molar-refractivity contribution in [3.05, 3.63) is 36.4 Å². The topological polar surface area (TPSA) is 109 Å². The highest BCUT2D eigenvalue weighted by atomic mass is 16.4. The van der Waals surface area contributed by atoms with Crippen molar-refractivity contribution >= 4 is 17.7 Å². The van der Waals surface area contributed by atoms with E-state index in [1.54, 1.807) is 19.2 Å². The Morgan fingerprint density at radius 3 is 2.95 bits per heavy atom. The van der Waals surface area contributed by atoms with Crippen LogP contribution in [0.15, 0.2) is 24.9 Å². The summed E-state index contributed by atoms with van der Waals surface area (Å²) in [5.74, 6) is -1.65. The van der Waals surface area contributed by atoms with Crippen molar-refractivity contribution in [1.82, 2.24) is 24.9 Å². The minimum Gasteiger partial charge on any atom is -0.480 e. The molecular formula is C12H13N5O3. The standard InChI is InChI=1S/C12H13N5O3/c1-3-4-8(11(19)20)14-10(18)9-15-12-13-6-5-7(2)17(12)16-9/h3,5-6,8H,1,4H2,2H3,(H,14,18)(H,19,20). The predicted octanol–water partition coefficient (Wildman–Crippen LogP) is 0.192. The molecule has 8 nitrogen and oxygen atoms in total. The second kappa shape index (κ2) is 5.47. The number of carbonyl (C=O) groups excluding carboxylic acids is 1. The second-order valence-corrected chi connectivity index (χ2v) is 4.12. The van der Waals surface area contributed by atoms with Gasteiger partial charge in [0.2, 0.25) is 5.82 Å². The number of aromatic nitrogens is 4. The molecule has 2 aromatic heterocycles. The van der Waals surface area contributed by atoms with E-state index in [0.29, 0.717) is 0 Å². The molecule has 0 radical (unpaired) electrons. The summed E-state index contributed by atoms with van der Waals surface area (Å²) in [5, 5.41) is 15.3. The van der Waals surface area contributed by atoms with Gasteiger partial charge in [-0.05, 0) is 19.4 Å². The number of hydrogen-bond acceptors (Lipinski definition) is 5. The Balaban J connectivity index is 2.25. The lowest BCUT2D eigenvalue weighted by Gasteiger charge is -2.10. The molecule has 0 saturated heterocycles. The molecule has 1 atom stereocenters. The number of nitrogens with one attached hydrogen (secondary N) is 1. The average Bonchev–Trinajstić information content (AvgIpc) is 2.83. The lowest BCUT2D eigenvalue weighted by Crippen LogP contribution is -2.40. The molecule has 1 amide bonds. The number of aliphatic carboxylic acids is 1. The number of fused-ring (bicyclic) bond motifs is 1. The number of carboxylic acid groups (broad SMARTS) is 1. The third kappa shape index (κ3) is 2.63. The Hall–Kier alpha value is -2.77. The molecule has 0 aliphatic heterocycles. The van der Waals surface area contributed by atoms with Gasteiger partial charge in [0, 0.05) is 11.9 Å². The summed E-state index contributed by atoms with van der Waals surface area (Å²) in [4.78, 5) is 30.8. The quantitative estimate of drug-likeness (QED) is 0.754. The largest absolute Gasteiger partial charge is 0.480 e. The molecule has 2 heterocycles. The van der Waals surface area contributed by atoms with Crippen LogP contribution in [0.3, 0.4) is 0 Å². The Kier molecular flexibility index (Phi) is 3.74. The molecule has 0 spiro atoms. The van der Waals surface area contributed by atoms with Crippen LogP contribution in [0.25, 0.3) is 5.78 Å². The molecule has 0 saturated carbocycles. The Labute approximate surface area is 114 Å². The minimum absolute atomic E-state index is 0.117. The molecule has 0 aliphatic rings. The fraction of sp³-hybridized carbons (Fsp3) is 0.250. The molecule has 0 bridgehead atoms. The van der Waals surface area contributed by atoms with E-state index in [2.05, 4.69) is 27.0 Å². The van der Waals surface area contributed by atoms with E-state index in [0.717, 1.165) is 5.69 Å².